The van der Waals surface area contributed by atoms with Crippen molar-refractivity contribution in [3.63, 3.8) is 0 Å². The van der Waals surface area contributed by atoms with Crippen LogP contribution in [0.25, 0.3) is 0 Å². The van der Waals surface area contributed by atoms with E-state index in [1.165, 1.54) is 5.56 Å². The summed E-state index contributed by atoms with van der Waals surface area (Å²) >= 11 is 9.38. The number of hydrogen-bond donors (Lipinski definition) is 2. The monoisotopic (exact) mass is 367 g/mol. The van der Waals surface area contributed by atoms with Crippen LogP contribution in [0.4, 0.5) is 0 Å². The third-order valence-corrected chi connectivity index (χ3v) is 4.34. The largest absolute Gasteiger partial charge is 0.508 e. The zero-order chi connectivity index (χ0) is 15.4. The third-order valence-electron chi connectivity index (χ3n) is 3.59. The van der Waals surface area contributed by atoms with Gasteiger partial charge in [-0.25, -0.2) is 0 Å². The molecule has 0 radical (unpaired) electrons. The Morgan fingerprint density at radius 2 is 1.86 bits per heavy atom. The normalized spacial score (nSPS) is 13.9. The molecule has 2 aromatic rings. The van der Waals surface area contributed by atoms with Crippen LogP contribution in [0, 0.1) is 0 Å². The van der Waals surface area contributed by atoms with Crippen molar-refractivity contribution < 1.29 is 5.11 Å². The van der Waals surface area contributed by atoms with Crippen molar-refractivity contribution in [3.05, 3.63) is 63.1 Å². The van der Waals surface area contributed by atoms with Crippen LogP contribution in [0.5, 0.6) is 5.75 Å². The maximum absolute atomic E-state index is 10.1. The lowest BCUT2D eigenvalue weighted by atomic mass is 10.0. The zero-order valence-corrected chi connectivity index (χ0v) is 14.4. The highest BCUT2D eigenvalue weighted by Gasteiger charge is 2.17. The minimum absolute atomic E-state index is 0.0909. The number of nitrogens with one attached hydrogen (secondary N) is 1. The molecule has 2 rings (SSSR count). The Hall–Kier alpha value is -1.03. The van der Waals surface area contributed by atoms with Gasteiger partial charge in [0.15, 0.2) is 0 Å². The summed E-state index contributed by atoms with van der Waals surface area (Å²) in [5, 5.41) is 14.4. The van der Waals surface area contributed by atoms with Gasteiger partial charge in [0.25, 0.3) is 0 Å². The quantitative estimate of drug-likeness (QED) is 0.719. The molecule has 2 aromatic carbocycles. The number of phenols is 1. The van der Waals surface area contributed by atoms with Gasteiger partial charge in [-0.15, -0.1) is 0 Å². The first kappa shape index (κ1) is 16.3. The topological polar surface area (TPSA) is 32.3 Å². The van der Waals surface area contributed by atoms with Gasteiger partial charge in [-0.05, 0) is 49.2 Å². The molecule has 4 heteroatoms. The number of phenolic OH excluding ortho intramolecular Hbond substituents is 1. The van der Waals surface area contributed by atoms with E-state index in [0.717, 1.165) is 21.5 Å². The van der Waals surface area contributed by atoms with Gasteiger partial charge in [-0.3, -0.25) is 0 Å². The summed E-state index contributed by atoms with van der Waals surface area (Å²) in [5.74, 6) is 0.320. The molecule has 1 unspecified atom stereocenters. The molecule has 2 N–H and O–H groups in total. The zero-order valence-electron chi connectivity index (χ0n) is 12.1. The molecule has 0 saturated heterocycles. The lowest BCUT2D eigenvalue weighted by Crippen LogP contribution is -2.24. The summed E-state index contributed by atoms with van der Waals surface area (Å²) in [6.07, 6.45) is 0.891. The van der Waals surface area contributed by atoms with E-state index in [9.17, 15) is 5.11 Å². The Balaban J connectivity index is 2.18. The first-order chi connectivity index (χ1) is 10.0. The number of halogens is 2. The van der Waals surface area contributed by atoms with Gasteiger partial charge in [0, 0.05) is 27.1 Å². The highest BCUT2D eigenvalue weighted by molar-refractivity contribution is 9.10. The standard InChI is InChI=1S/C17H19BrClNO/c1-3-16(15-10-13(18)6-9-17(15)21)20-11(2)12-4-7-14(19)8-5-12/h4-11,16,20-21H,3H2,1-2H3/t11-,16?/m0/s1. The third kappa shape index (κ3) is 4.22. The molecule has 0 heterocycles. The van der Waals surface area contributed by atoms with E-state index >= 15 is 0 Å². The van der Waals surface area contributed by atoms with E-state index in [2.05, 4.69) is 35.1 Å². The number of hydrogen-bond acceptors (Lipinski definition) is 2. The first-order valence-electron chi connectivity index (χ1n) is 7.01. The Morgan fingerprint density at radius 3 is 2.48 bits per heavy atom. The molecule has 0 aromatic heterocycles. The van der Waals surface area contributed by atoms with Crippen LogP contribution in [-0.4, -0.2) is 5.11 Å². The minimum atomic E-state index is 0.0909. The molecular formula is C17H19BrClNO. The smallest absolute Gasteiger partial charge is 0.120 e. The lowest BCUT2D eigenvalue weighted by Gasteiger charge is -2.24. The van der Waals surface area contributed by atoms with Crippen LogP contribution in [0.1, 0.15) is 43.5 Å². The molecule has 0 bridgehead atoms. The predicted molar refractivity (Wildman–Crippen MR) is 91.8 cm³/mol. The van der Waals surface area contributed by atoms with Gasteiger partial charge in [0.05, 0.1) is 0 Å². The van der Waals surface area contributed by atoms with E-state index in [0.29, 0.717) is 5.75 Å². The summed E-state index contributed by atoms with van der Waals surface area (Å²) in [6, 6.07) is 13.6. The van der Waals surface area contributed by atoms with E-state index in [1.54, 1.807) is 6.07 Å². The highest BCUT2D eigenvalue weighted by Crippen LogP contribution is 2.31. The molecular weight excluding hydrogens is 350 g/mol. The van der Waals surface area contributed by atoms with Crippen molar-refractivity contribution in [2.75, 3.05) is 0 Å². The second-order valence-electron chi connectivity index (χ2n) is 5.10. The number of benzene rings is 2. The van der Waals surface area contributed by atoms with Gasteiger partial charge in [0.2, 0.25) is 0 Å². The molecule has 112 valence electrons. The molecule has 0 saturated carbocycles. The molecule has 0 aliphatic rings. The maximum atomic E-state index is 10.1. The predicted octanol–water partition coefficient (Wildman–Crippen LogP) is 5.61. The molecule has 0 spiro atoms. The van der Waals surface area contributed by atoms with Crippen LogP contribution in [-0.2, 0) is 0 Å². The van der Waals surface area contributed by atoms with Crippen LogP contribution in [0.2, 0.25) is 5.02 Å². The summed E-state index contributed by atoms with van der Waals surface area (Å²) in [5.41, 5.74) is 2.08. The fourth-order valence-corrected chi connectivity index (χ4v) is 2.89. The van der Waals surface area contributed by atoms with E-state index in [4.69, 9.17) is 11.6 Å². The van der Waals surface area contributed by atoms with Gasteiger partial charge in [-0.2, -0.15) is 0 Å². The highest BCUT2D eigenvalue weighted by atomic mass is 79.9. The van der Waals surface area contributed by atoms with Crippen LogP contribution < -0.4 is 5.32 Å². The van der Waals surface area contributed by atoms with E-state index in [1.807, 2.05) is 36.4 Å². The molecule has 2 nitrogen and oxygen atoms in total. The van der Waals surface area contributed by atoms with Crippen molar-refractivity contribution in [3.8, 4) is 5.75 Å². The van der Waals surface area contributed by atoms with Crippen LogP contribution in [0.15, 0.2) is 46.9 Å². The van der Waals surface area contributed by atoms with E-state index in [-0.39, 0.29) is 12.1 Å². The summed E-state index contributed by atoms with van der Waals surface area (Å²) in [4.78, 5) is 0. The Bertz CT molecular complexity index is 600. The average Bonchev–Trinajstić information content (AvgIpc) is 2.48. The Labute approximate surface area is 139 Å². The van der Waals surface area contributed by atoms with Crippen molar-refractivity contribution in [1.29, 1.82) is 0 Å². The van der Waals surface area contributed by atoms with Gasteiger partial charge < -0.3 is 10.4 Å². The Kier molecular flexibility index (Phi) is 5.68. The molecule has 0 aliphatic heterocycles. The van der Waals surface area contributed by atoms with Crippen LogP contribution in [0.3, 0.4) is 0 Å². The van der Waals surface area contributed by atoms with E-state index < -0.39 is 0 Å². The molecule has 2 atom stereocenters. The molecule has 21 heavy (non-hydrogen) atoms. The second-order valence-corrected chi connectivity index (χ2v) is 6.46. The SMILES string of the molecule is CCC(N[C@@H](C)c1ccc(Cl)cc1)c1cc(Br)ccc1O. The number of rotatable bonds is 5. The van der Waals surface area contributed by atoms with Crippen LogP contribution >= 0.6 is 27.5 Å². The van der Waals surface area contributed by atoms with Crippen molar-refractivity contribution >= 4 is 27.5 Å². The molecule has 0 fully saturated rings. The van der Waals surface area contributed by atoms with Gasteiger partial charge >= 0.3 is 0 Å². The lowest BCUT2D eigenvalue weighted by molar-refractivity contribution is 0.419. The Morgan fingerprint density at radius 1 is 1.19 bits per heavy atom. The van der Waals surface area contributed by atoms with Crippen molar-refractivity contribution in [2.45, 2.75) is 32.4 Å². The summed E-state index contributed by atoms with van der Waals surface area (Å²) in [7, 11) is 0. The molecule has 0 amide bonds. The van der Waals surface area contributed by atoms with Gasteiger partial charge in [0.1, 0.15) is 5.75 Å². The summed E-state index contributed by atoms with van der Waals surface area (Å²) in [6.45, 7) is 4.22. The first-order valence-corrected chi connectivity index (χ1v) is 8.18. The summed E-state index contributed by atoms with van der Waals surface area (Å²) < 4.78 is 0.967. The molecule has 0 aliphatic carbocycles. The van der Waals surface area contributed by atoms with Crippen molar-refractivity contribution in [1.82, 2.24) is 5.32 Å². The van der Waals surface area contributed by atoms with Crippen molar-refractivity contribution in [2.24, 2.45) is 0 Å². The average molecular weight is 369 g/mol. The second kappa shape index (κ2) is 7.30. The minimum Gasteiger partial charge on any atom is -0.508 e. The fraction of sp³-hybridized carbons (Fsp3) is 0.294. The van der Waals surface area contributed by atoms with Gasteiger partial charge in [-0.1, -0.05) is 46.6 Å². The number of aromatic hydroxyl groups is 1. The maximum Gasteiger partial charge on any atom is 0.120 e. The fourth-order valence-electron chi connectivity index (χ4n) is 2.38.